The summed E-state index contributed by atoms with van der Waals surface area (Å²) in [5.74, 6) is -1.18. The number of ether oxygens (including phenoxy) is 1. The highest BCUT2D eigenvalue weighted by atomic mass is 16.5. The molecule has 6 heteroatoms. The maximum atomic E-state index is 10.9. The number of carboxylic acids is 1. The third-order valence-electron chi connectivity index (χ3n) is 3.68. The van der Waals surface area contributed by atoms with E-state index < -0.39 is 5.97 Å². The van der Waals surface area contributed by atoms with Crippen molar-refractivity contribution in [3.63, 3.8) is 0 Å². The Kier molecular flexibility index (Phi) is 13.1. The van der Waals surface area contributed by atoms with Crippen LogP contribution in [0.5, 0.6) is 0 Å². The van der Waals surface area contributed by atoms with Gasteiger partial charge in [-0.25, -0.2) is 0 Å². The van der Waals surface area contributed by atoms with E-state index in [1.807, 2.05) is 6.08 Å². The Morgan fingerprint density at radius 3 is 2.36 bits per heavy atom. The molecule has 22 heavy (non-hydrogen) atoms. The van der Waals surface area contributed by atoms with Crippen LogP contribution in [0.25, 0.3) is 0 Å². The number of quaternary nitrogens is 1. The Morgan fingerprint density at radius 2 is 1.82 bits per heavy atom. The van der Waals surface area contributed by atoms with Gasteiger partial charge in [0.1, 0.15) is 26.2 Å². The molecule has 0 saturated carbocycles. The summed E-state index contributed by atoms with van der Waals surface area (Å²) in [7, 11) is 0. The van der Waals surface area contributed by atoms with E-state index in [9.17, 15) is 9.90 Å². The van der Waals surface area contributed by atoms with E-state index >= 15 is 0 Å². The first-order chi connectivity index (χ1) is 10.6. The lowest BCUT2D eigenvalue weighted by Gasteiger charge is -2.38. The van der Waals surface area contributed by atoms with Gasteiger partial charge in [-0.15, -0.1) is 0 Å². The van der Waals surface area contributed by atoms with Crippen LogP contribution < -0.4 is 5.11 Å². The van der Waals surface area contributed by atoms with Gasteiger partial charge in [-0.2, -0.15) is 0 Å². The lowest BCUT2D eigenvalue weighted by molar-refractivity contribution is -0.923. The normalized spacial score (nSPS) is 12.1. The summed E-state index contributed by atoms with van der Waals surface area (Å²) in [5.41, 5.74) is 0. The van der Waals surface area contributed by atoms with Crippen LogP contribution in [0.15, 0.2) is 12.2 Å². The zero-order valence-corrected chi connectivity index (χ0v) is 13.7. The summed E-state index contributed by atoms with van der Waals surface area (Å²) in [5, 5.41) is 29.1. The van der Waals surface area contributed by atoms with E-state index in [0.717, 1.165) is 6.42 Å². The Labute approximate surface area is 133 Å². The number of rotatable bonds is 15. The van der Waals surface area contributed by atoms with Gasteiger partial charge >= 0.3 is 0 Å². The maximum absolute atomic E-state index is 10.9. The second-order valence-electron chi connectivity index (χ2n) is 5.53. The number of carboxylic acid groups (broad SMARTS) is 1. The molecule has 130 valence electrons. The van der Waals surface area contributed by atoms with Crippen molar-refractivity contribution in [3.8, 4) is 0 Å². The molecule has 0 radical (unpaired) electrons. The molecule has 0 aromatic heterocycles. The van der Waals surface area contributed by atoms with Crippen molar-refractivity contribution in [2.75, 3.05) is 52.6 Å². The van der Waals surface area contributed by atoms with Crippen LogP contribution in [0.1, 0.15) is 32.6 Å². The van der Waals surface area contributed by atoms with Crippen molar-refractivity contribution in [2.24, 2.45) is 0 Å². The average molecular weight is 317 g/mol. The molecule has 0 unspecified atom stereocenters. The molecule has 0 aliphatic heterocycles. The highest BCUT2D eigenvalue weighted by Gasteiger charge is 2.26. The van der Waals surface area contributed by atoms with Gasteiger partial charge in [0.25, 0.3) is 0 Å². The molecule has 0 aromatic carbocycles. The van der Waals surface area contributed by atoms with Gasteiger partial charge in [0.15, 0.2) is 0 Å². The lowest BCUT2D eigenvalue weighted by atomic mass is 10.2. The summed E-state index contributed by atoms with van der Waals surface area (Å²) in [6.45, 7) is 3.52. The Bertz CT molecular complexity index is 301. The molecule has 0 saturated heterocycles. The second-order valence-corrected chi connectivity index (χ2v) is 5.53. The third kappa shape index (κ3) is 10.7. The number of aliphatic hydroxyl groups is 2. The van der Waals surface area contributed by atoms with E-state index in [2.05, 4.69) is 13.0 Å². The Balaban J connectivity index is 4.08. The van der Waals surface area contributed by atoms with Crippen molar-refractivity contribution in [1.29, 1.82) is 0 Å². The second kappa shape index (κ2) is 13.7. The molecule has 0 fully saturated rings. The number of hydrogen-bond acceptors (Lipinski definition) is 5. The van der Waals surface area contributed by atoms with Crippen molar-refractivity contribution in [3.05, 3.63) is 12.2 Å². The van der Waals surface area contributed by atoms with Gasteiger partial charge in [-0.05, 0) is 12.8 Å². The number of allylic oxidation sites excluding steroid dienone is 1. The van der Waals surface area contributed by atoms with E-state index in [1.54, 1.807) is 0 Å². The highest BCUT2D eigenvalue weighted by Crippen LogP contribution is 2.06. The van der Waals surface area contributed by atoms with Crippen molar-refractivity contribution in [1.82, 2.24) is 0 Å². The number of carbonyl (C=O) groups is 1. The van der Waals surface area contributed by atoms with Gasteiger partial charge in [0.05, 0.1) is 32.4 Å². The minimum atomic E-state index is -1.18. The first kappa shape index (κ1) is 21.0. The summed E-state index contributed by atoms with van der Waals surface area (Å²) in [4.78, 5) is 10.9. The minimum Gasteiger partial charge on any atom is -0.544 e. The Hall–Kier alpha value is -0.950. The Morgan fingerprint density at radius 1 is 1.14 bits per heavy atom. The molecule has 6 nitrogen and oxygen atoms in total. The first-order valence-corrected chi connectivity index (χ1v) is 8.09. The van der Waals surface area contributed by atoms with Gasteiger partial charge in [0.2, 0.25) is 0 Å². The number of hydrogen-bond donors (Lipinski definition) is 2. The largest absolute Gasteiger partial charge is 0.544 e. The number of unbranched alkanes of at least 4 members (excludes halogenated alkanes) is 3. The molecule has 0 rings (SSSR count). The molecule has 2 N–H and O–H groups in total. The fourth-order valence-electron chi connectivity index (χ4n) is 2.38. The van der Waals surface area contributed by atoms with Gasteiger partial charge in [0, 0.05) is 0 Å². The molecule has 0 heterocycles. The van der Waals surface area contributed by atoms with Gasteiger partial charge in [-0.3, -0.25) is 0 Å². The molecule has 0 atom stereocenters. The molecule has 0 aromatic rings. The molecule has 0 bridgehead atoms. The van der Waals surface area contributed by atoms with Crippen LogP contribution in [-0.4, -0.2) is 73.3 Å². The molecule has 0 amide bonds. The van der Waals surface area contributed by atoms with Crippen molar-refractivity contribution in [2.45, 2.75) is 32.6 Å². The zero-order valence-electron chi connectivity index (χ0n) is 13.7. The number of nitrogens with zero attached hydrogens (tertiary/aromatic N) is 1. The van der Waals surface area contributed by atoms with E-state index in [4.69, 9.17) is 14.9 Å². The van der Waals surface area contributed by atoms with Crippen LogP contribution in [0, 0.1) is 0 Å². The van der Waals surface area contributed by atoms with Crippen LogP contribution >= 0.6 is 0 Å². The van der Waals surface area contributed by atoms with Crippen molar-refractivity contribution >= 4 is 5.97 Å². The van der Waals surface area contributed by atoms with Gasteiger partial charge < -0.3 is 29.3 Å². The lowest BCUT2D eigenvalue weighted by Crippen LogP contribution is -2.58. The van der Waals surface area contributed by atoms with Crippen LogP contribution in [0.4, 0.5) is 0 Å². The standard InChI is InChI=1S/C16H31NO5/c1-2-3-4-5-6-7-13-22-14-10-17(8-11-18,9-12-19)15-16(20)21/h6-7,18-19H,2-5,8-15H2,1H3/b7-6+. The molecular formula is C16H31NO5. The SMILES string of the molecule is CCCCC/C=C/COCC[N+](CCO)(CCO)CC(=O)[O-]. The fourth-order valence-corrected chi connectivity index (χ4v) is 2.38. The summed E-state index contributed by atoms with van der Waals surface area (Å²) < 4.78 is 5.57. The summed E-state index contributed by atoms with van der Waals surface area (Å²) >= 11 is 0. The minimum absolute atomic E-state index is 0.0789. The predicted octanol–water partition coefficient (Wildman–Crippen LogP) is -0.309. The molecule has 0 aliphatic rings. The van der Waals surface area contributed by atoms with E-state index in [-0.39, 0.29) is 37.3 Å². The van der Waals surface area contributed by atoms with Gasteiger partial charge in [-0.1, -0.05) is 31.9 Å². The van der Waals surface area contributed by atoms with Crippen LogP contribution in [0.3, 0.4) is 0 Å². The average Bonchev–Trinajstić information content (AvgIpc) is 2.45. The monoisotopic (exact) mass is 317 g/mol. The molecular weight excluding hydrogens is 286 g/mol. The first-order valence-electron chi connectivity index (χ1n) is 8.09. The quantitative estimate of drug-likeness (QED) is 0.246. The number of aliphatic hydroxyl groups excluding tert-OH is 2. The number of carbonyl (C=O) groups excluding carboxylic acids is 1. The third-order valence-corrected chi connectivity index (χ3v) is 3.68. The smallest absolute Gasteiger partial charge is 0.119 e. The van der Waals surface area contributed by atoms with Crippen LogP contribution in [0.2, 0.25) is 0 Å². The topological polar surface area (TPSA) is 89.8 Å². The van der Waals surface area contributed by atoms with Crippen molar-refractivity contribution < 1.29 is 29.3 Å². The maximum Gasteiger partial charge on any atom is 0.119 e. The molecule has 0 spiro atoms. The van der Waals surface area contributed by atoms with Crippen LogP contribution in [-0.2, 0) is 9.53 Å². The highest BCUT2D eigenvalue weighted by molar-refractivity contribution is 5.65. The summed E-state index contributed by atoms with van der Waals surface area (Å²) in [6.07, 6.45) is 8.75. The van der Waals surface area contributed by atoms with E-state index in [0.29, 0.717) is 19.8 Å². The zero-order chi connectivity index (χ0) is 16.7. The summed E-state index contributed by atoms with van der Waals surface area (Å²) in [6, 6.07) is 0. The fraction of sp³-hybridized carbons (Fsp3) is 0.812. The molecule has 0 aliphatic carbocycles. The predicted molar refractivity (Wildman–Crippen MR) is 83.0 cm³/mol. The number of aliphatic carboxylic acids is 1. The van der Waals surface area contributed by atoms with E-state index in [1.165, 1.54) is 19.3 Å².